The van der Waals surface area contributed by atoms with Crippen molar-refractivity contribution in [1.82, 2.24) is 15.1 Å². The molecule has 0 radical (unpaired) electrons. The fourth-order valence-corrected chi connectivity index (χ4v) is 5.68. The molecular weight excluding hydrogens is 314 g/mol. The lowest BCUT2D eigenvalue weighted by Crippen LogP contribution is -2.67. The first-order chi connectivity index (χ1) is 11.8. The van der Waals surface area contributed by atoms with Gasteiger partial charge in [-0.25, -0.2) is 9.48 Å². The zero-order valence-electron chi connectivity index (χ0n) is 15.6. The van der Waals surface area contributed by atoms with Crippen molar-refractivity contribution in [2.45, 2.75) is 64.0 Å². The van der Waals surface area contributed by atoms with E-state index in [1.807, 2.05) is 10.7 Å². The second-order valence-electron chi connectivity index (χ2n) is 9.52. The third-order valence-corrected chi connectivity index (χ3v) is 6.73. The lowest BCUT2D eigenvalue weighted by Gasteiger charge is -2.59. The molecule has 5 rings (SSSR count). The van der Waals surface area contributed by atoms with Crippen molar-refractivity contribution in [3.8, 4) is 0 Å². The number of aromatic nitrogens is 2. The van der Waals surface area contributed by atoms with E-state index in [0.29, 0.717) is 24.2 Å². The topological polar surface area (TPSA) is 85.0 Å². The number of rotatable bonds is 3. The fourth-order valence-electron chi connectivity index (χ4n) is 5.68. The smallest absolute Gasteiger partial charge is 0.320 e. The Balaban J connectivity index is 1.39. The van der Waals surface area contributed by atoms with E-state index >= 15 is 0 Å². The minimum absolute atomic E-state index is 0.178. The van der Waals surface area contributed by atoms with Crippen molar-refractivity contribution in [2.24, 2.45) is 29.4 Å². The van der Waals surface area contributed by atoms with Crippen LogP contribution in [-0.2, 0) is 5.54 Å². The van der Waals surface area contributed by atoms with Crippen LogP contribution in [0.5, 0.6) is 0 Å². The molecule has 4 saturated carbocycles. The summed E-state index contributed by atoms with van der Waals surface area (Å²) in [6.07, 6.45) is 8.14. The summed E-state index contributed by atoms with van der Waals surface area (Å²) in [6.45, 7) is 6.75. The van der Waals surface area contributed by atoms with Gasteiger partial charge in [0.25, 0.3) is 0 Å². The Labute approximate surface area is 149 Å². The van der Waals surface area contributed by atoms with Crippen molar-refractivity contribution in [2.75, 3.05) is 11.9 Å². The highest BCUT2D eigenvalue weighted by atomic mass is 16.2. The molecule has 0 unspecified atom stereocenters. The van der Waals surface area contributed by atoms with Crippen LogP contribution in [0.25, 0.3) is 0 Å². The van der Waals surface area contributed by atoms with Crippen LogP contribution in [0.3, 0.4) is 0 Å². The normalized spacial score (nSPS) is 36.5. The third-order valence-electron chi connectivity index (χ3n) is 6.73. The number of hydrogen-bond donors (Lipinski definition) is 3. The molecule has 0 aromatic carbocycles. The maximum atomic E-state index is 12.4. The van der Waals surface area contributed by atoms with Gasteiger partial charge >= 0.3 is 6.03 Å². The Kier molecular flexibility index (Phi) is 3.87. The Morgan fingerprint density at radius 3 is 2.40 bits per heavy atom. The van der Waals surface area contributed by atoms with Gasteiger partial charge in [0, 0.05) is 18.2 Å². The number of carbonyl (C=O) groups excluding carboxylic acids is 1. The van der Waals surface area contributed by atoms with Gasteiger partial charge in [0.15, 0.2) is 0 Å². The fraction of sp³-hybridized carbons (Fsp3) is 0.789. The molecule has 4 aliphatic carbocycles. The summed E-state index contributed by atoms with van der Waals surface area (Å²) in [5.74, 6) is 3.62. The molecule has 4 aliphatic rings. The van der Waals surface area contributed by atoms with Crippen LogP contribution in [0.1, 0.15) is 52.9 Å². The van der Waals surface area contributed by atoms with Crippen LogP contribution in [0, 0.1) is 23.7 Å². The van der Waals surface area contributed by atoms with Crippen LogP contribution in [0.2, 0.25) is 0 Å². The molecule has 0 aliphatic heterocycles. The van der Waals surface area contributed by atoms with Crippen LogP contribution in [0.4, 0.5) is 10.6 Å². The molecule has 1 aromatic rings. The number of hydrogen-bond acceptors (Lipinski definition) is 3. The zero-order valence-corrected chi connectivity index (χ0v) is 15.6. The predicted molar refractivity (Wildman–Crippen MR) is 98.2 cm³/mol. The van der Waals surface area contributed by atoms with E-state index in [1.165, 1.54) is 32.1 Å². The van der Waals surface area contributed by atoms with Crippen molar-refractivity contribution in [3.63, 3.8) is 0 Å². The van der Waals surface area contributed by atoms with Gasteiger partial charge in [-0.3, -0.25) is 5.32 Å². The lowest BCUT2D eigenvalue weighted by molar-refractivity contribution is -0.0528. The summed E-state index contributed by atoms with van der Waals surface area (Å²) in [4.78, 5) is 12.4. The third kappa shape index (κ3) is 2.94. The Bertz CT molecular complexity index is 631. The summed E-state index contributed by atoms with van der Waals surface area (Å²) >= 11 is 0. The summed E-state index contributed by atoms with van der Waals surface area (Å²) in [6, 6.07) is 1.64. The van der Waals surface area contributed by atoms with Gasteiger partial charge in [-0.1, -0.05) is 0 Å². The number of amides is 2. The van der Waals surface area contributed by atoms with Gasteiger partial charge in [0.1, 0.15) is 5.82 Å². The molecule has 0 atom stereocenters. The highest BCUT2D eigenvalue weighted by Gasteiger charge is 2.55. The Morgan fingerprint density at radius 1 is 1.24 bits per heavy atom. The number of nitrogens with zero attached hydrogens (tertiary/aromatic N) is 2. The average Bonchev–Trinajstić information content (AvgIpc) is 2.98. The standard InChI is InChI=1S/C19H31N5O/c1-18(2,3)24-16(4-5-22-24)23-17(25)21-11-19(20)14-7-12-6-13(9-14)10-15(19)8-12/h4-5,12-15H,6-11,20H2,1-3H3,(H2,21,23,25). The minimum atomic E-state index is -0.227. The first-order valence-corrected chi connectivity index (χ1v) is 9.64. The van der Waals surface area contributed by atoms with Gasteiger partial charge in [-0.15, -0.1) is 0 Å². The maximum Gasteiger partial charge on any atom is 0.320 e. The zero-order chi connectivity index (χ0) is 17.8. The first kappa shape index (κ1) is 16.9. The van der Waals surface area contributed by atoms with E-state index in [9.17, 15) is 4.79 Å². The summed E-state index contributed by atoms with van der Waals surface area (Å²) < 4.78 is 1.83. The number of urea groups is 1. The quantitative estimate of drug-likeness (QED) is 0.787. The van der Waals surface area contributed by atoms with Gasteiger partial charge in [-0.2, -0.15) is 5.10 Å². The number of anilines is 1. The number of nitrogens with one attached hydrogen (secondary N) is 2. The van der Waals surface area contributed by atoms with Crippen LogP contribution >= 0.6 is 0 Å². The van der Waals surface area contributed by atoms with Crippen LogP contribution in [-0.4, -0.2) is 27.9 Å². The number of nitrogens with two attached hydrogens (primary N) is 1. The molecule has 4 fully saturated rings. The molecule has 1 aromatic heterocycles. The average molecular weight is 345 g/mol. The second kappa shape index (κ2) is 5.73. The van der Waals surface area contributed by atoms with E-state index in [-0.39, 0.29) is 17.1 Å². The first-order valence-electron chi connectivity index (χ1n) is 9.64. The van der Waals surface area contributed by atoms with Crippen molar-refractivity contribution < 1.29 is 4.79 Å². The molecule has 0 saturated heterocycles. The van der Waals surface area contributed by atoms with Crippen molar-refractivity contribution in [1.29, 1.82) is 0 Å². The monoisotopic (exact) mass is 345 g/mol. The largest absolute Gasteiger partial charge is 0.336 e. The Morgan fingerprint density at radius 2 is 1.84 bits per heavy atom. The molecular formula is C19H31N5O. The molecule has 4 N–H and O–H groups in total. The van der Waals surface area contributed by atoms with Crippen molar-refractivity contribution >= 4 is 11.8 Å². The van der Waals surface area contributed by atoms with Gasteiger partial charge in [0.2, 0.25) is 0 Å². The van der Waals surface area contributed by atoms with E-state index in [0.717, 1.165) is 11.8 Å². The summed E-state index contributed by atoms with van der Waals surface area (Å²) in [5, 5.41) is 10.3. The summed E-state index contributed by atoms with van der Waals surface area (Å²) in [5.41, 5.74) is 6.45. The molecule has 138 valence electrons. The highest BCUT2D eigenvalue weighted by Crippen LogP contribution is 2.57. The van der Waals surface area contributed by atoms with E-state index in [2.05, 4.69) is 36.5 Å². The lowest BCUT2D eigenvalue weighted by atomic mass is 9.49. The van der Waals surface area contributed by atoms with Gasteiger partial charge in [0.05, 0.1) is 11.7 Å². The molecule has 4 bridgehead atoms. The van der Waals surface area contributed by atoms with E-state index < -0.39 is 0 Å². The maximum absolute atomic E-state index is 12.4. The van der Waals surface area contributed by atoms with Gasteiger partial charge < -0.3 is 11.1 Å². The second-order valence-corrected chi connectivity index (χ2v) is 9.52. The molecule has 0 spiro atoms. The molecule has 6 heteroatoms. The molecule has 25 heavy (non-hydrogen) atoms. The van der Waals surface area contributed by atoms with Crippen LogP contribution < -0.4 is 16.4 Å². The predicted octanol–water partition coefficient (Wildman–Crippen LogP) is 2.91. The van der Waals surface area contributed by atoms with Crippen LogP contribution in [0.15, 0.2) is 12.3 Å². The van der Waals surface area contributed by atoms with Gasteiger partial charge in [-0.05, 0) is 76.5 Å². The molecule has 6 nitrogen and oxygen atoms in total. The number of carbonyl (C=O) groups is 1. The van der Waals surface area contributed by atoms with E-state index in [4.69, 9.17) is 5.73 Å². The molecule has 1 heterocycles. The molecule has 2 amide bonds. The van der Waals surface area contributed by atoms with E-state index in [1.54, 1.807) is 6.20 Å². The van der Waals surface area contributed by atoms with Crippen molar-refractivity contribution in [3.05, 3.63) is 12.3 Å². The minimum Gasteiger partial charge on any atom is -0.336 e. The Hall–Kier alpha value is -1.56. The highest BCUT2D eigenvalue weighted by molar-refractivity contribution is 5.88. The SMILES string of the molecule is CC(C)(C)n1nccc1NC(=O)NCC1(N)C2CC3CC(C2)CC1C3. The summed E-state index contributed by atoms with van der Waals surface area (Å²) in [7, 11) is 0.